The second-order valence-corrected chi connectivity index (χ2v) is 3.21. The molecule has 2 aliphatic heterocycles. The van der Waals surface area contributed by atoms with Crippen LogP contribution in [0.25, 0.3) is 0 Å². The monoisotopic (exact) mass is 165 g/mol. The van der Waals surface area contributed by atoms with Gasteiger partial charge < -0.3 is 4.90 Å². The molecule has 64 valence electrons. The Morgan fingerprint density at radius 3 is 3.00 bits per heavy atom. The molecule has 2 bridgehead atoms. The van der Waals surface area contributed by atoms with Crippen molar-refractivity contribution in [2.45, 2.75) is 18.6 Å². The summed E-state index contributed by atoms with van der Waals surface area (Å²) in [6.45, 7) is 4.36. The van der Waals surface area contributed by atoms with Gasteiger partial charge in [-0.25, -0.2) is 4.39 Å². The zero-order chi connectivity index (χ0) is 8.60. The van der Waals surface area contributed by atoms with Crippen molar-refractivity contribution in [1.29, 1.82) is 0 Å². The number of halogens is 1. The maximum Gasteiger partial charge on any atom is 0.205 e. The van der Waals surface area contributed by atoms with E-state index in [0.29, 0.717) is 6.42 Å². The SMILES string of the molecule is C=CCCN1C2=CCC1(F)C=C2. The van der Waals surface area contributed by atoms with Crippen molar-refractivity contribution < 1.29 is 4.39 Å². The molecule has 0 spiro atoms. The number of fused-ring (bicyclic) bond motifs is 2. The van der Waals surface area contributed by atoms with E-state index in [2.05, 4.69) is 6.58 Å². The smallest absolute Gasteiger partial charge is 0.205 e. The van der Waals surface area contributed by atoms with Crippen molar-refractivity contribution in [3.8, 4) is 0 Å². The van der Waals surface area contributed by atoms with E-state index in [1.54, 1.807) is 11.0 Å². The molecule has 0 aromatic rings. The Balaban J connectivity index is 2.10. The number of allylic oxidation sites excluding steroid dienone is 1. The fraction of sp³-hybridized carbons (Fsp3) is 0.400. The van der Waals surface area contributed by atoms with Gasteiger partial charge >= 0.3 is 0 Å². The third-order valence-corrected chi connectivity index (χ3v) is 2.42. The number of hydrogen-bond acceptors (Lipinski definition) is 1. The van der Waals surface area contributed by atoms with Gasteiger partial charge in [-0.3, -0.25) is 0 Å². The fourth-order valence-electron chi connectivity index (χ4n) is 1.75. The van der Waals surface area contributed by atoms with Crippen LogP contribution in [0.4, 0.5) is 4.39 Å². The minimum Gasteiger partial charge on any atom is -0.336 e. The quantitative estimate of drug-likeness (QED) is 0.458. The highest BCUT2D eigenvalue weighted by Crippen LogP contribution is 2.40. The lowest BCUT2D eigenvalue weighted by molar-refractivity contribution is 0.0729. The summed E-state index contributed by atoms with van der Waals surface area (Å²) in [6, 6.07) is 0. The molecule has 0 saturated carbocycles. The first kappa shape index (κ1) is 7.59. The van der Waals surface area contributed by atoms with Crippen LogP contribution in [0.3, 0.4) is 0 Å². The second kappa shape index (κ2) is 2.47. The van der Waals surface area contributed by atoms with Crippen LogP contribution < -0.4 is 0 Å². The van der Waals surface area contributed by atoms with Crippen molar-refractivity contribution in [1.82, 2.24) is 4.90 Å². The lowest BCUT2D eigenvalue weighted by Crippen LogP contribution is -2.35. The molecule has 0 amide bonds. The summed E-state index contributed by atoms with van der Waals surface area (Å²) >= 11 is 0. The highest BCUT2D eigenvalue weighted by Gasteiger charge is 2.42. The minimum atomic E-state index is -1.21. The summed E-state index contributed by atoms with van der Waals surface area (Å²) in [5.41, 5.74) is 1.03. The molecular formula is C10H12FN. The van der Waals surface area contributed by atoms with Crippen LogP contribution in [-0.2, 0) is 0 Å². The highest BCUT2D eigenvalue weighted by molar-refractivity contribution is 5.36. The van der Waals surface area contributed by atoms with E-state index in [0.717, 1.165) is 18.7 Å². The molecule has 0 radical (unpaired) electrons. The topological polar surface area (TPSA) is 3.24 Å². The third kappa shape index (κ3) is 0.909. The molecule has 2 aliphatic rings. The number of alkyl halides is 1. The van der Waals surface area contributed by atoms with E-state index in [-0.39, 0.29) is 0 Å². The number of nitrogens with zero attached hydrogens (tertiary/aromatic N) is 1. The molecule has 0 fully saturated rings. The average molecular weight is 165 g/mol. The molecular weight excluding hydrogens is 153 g/mol. The Hall–Kier alpha value is -1.05. The van der Waals surface area contributed by atoms with E-state index >= 15 is 0 Å². The van der Waals surface area contributed by atoms with Gasteiger partial charge in [-0.15, -0.1) is 6.58 Å². The lowest BCUT2D eigenvalue weighted by atomic mass is 10.1. The van der Waals surface area contributed by atoms with E-state index in [9.17, 15) is 4.39 Å². The van der Waals surface area contributed by atoms with E-state index in [4.69, 9.17) is 0 Å². The summed E-state index contributed by atoms with van der Waals surface area (Å²) in [4.78, 5) is 1.80. The molecule has 2 rings (SSSR count). The summed E-state index contributed by atoms with van der Waals surface area (Å²) in [7, 11) is 0. The Kier molecular flexibility index (Phi) is 1.56. The van der Waals surface area contributed by atoms with Crippen molar-refractivity contribution in [2.24, 2.45) is 0 Å². The van der Waals surface area contributed by atoms with Crippen molar-refractivity contribution in [3.63, 3.8) is 0 Å². The number of hydrogen-bond donors (Lipinski definition) is 0. The predicted octanol–water partition coefficient (Wildman–Crippen LogP) is 2.39. The first-order valence-corrected chi connectivity index (χ1v) is 4.23. The van der Waals surface area contributed by atoms with Gasteiger partial charge in [0.15, 0.2) is 0 Å². The molecule has 2 heteroatoms. The Bertz CT molecular complexity index is 267. The molecule has 0 aromatic heterocycles. The summed E-state index contributed by atoms with van der Waals surface area (Å²) in [5, 5.41) is 0. The highest BCUT2D eigenvalue weighted by atomic mass is 19.1. The van der Waals surface area contributed by atoms with Gasteiger partial charge in [-0.2, -0.15) is 0 Å². The van der Waals surface area contributed by atoms with Crippen LogP contribution in [0, 0.1) is 0 Å². The third-order valence-electron chi connectivity index (χ3n) is 2.42. The van der Waals surface area contributed by atoms with Gasteiger partial charge in [0.2, 0.25) is 5.79 Å². The second-order valence-electron chi connectivity index (χ2n) is 3.21. The van der Waals surface area contributed by atoms with Crippen LogP contribution in [0.1, 0.15) is 12.8 Å². The molecule has 1 atom stereocenters. The summed E-state index contributed by atoms with van der Waals surface area (Å²) < 4.78 is 13.8. The standard InChI is InChI=1S/C10H12FN/c1-2-3-8-12-9-4-6-10(12,11)7-5-9/h2,4-6H,1,3,7-8H2. The van der Waals surface area contributed by atoms with Crippen LogP contribution in [0.5, 0.6) is 0 Å². The van der Waals surface area contributed by atoms with Crippen LogP contribution >= 0.6 is 0 Å². The van der Waals surface area contributed by atoms with Crippen molar-refractivity contribution >= 4 is 0 Å². The molecule has 0 aliphatic carbocycles. The van der Waals surface area contributed by atoms with Gasteiger partial charge in [0.05, 0.1) is 0 Å². The van der Waals surface area contributed by atoms with Crippen molar-refractivity contribution in [3.05, 3.63) is 36.6 Å². The Morgan fingerprint density at radius 1 is 1.75 bits per heavy atom. The molecule has 2 heterocycles. The van der Waals surface area contributed by atoms with Gasteiger partial charge in [-0.1, -0.05) is 12.2 Å². The molecule has 0 saturated heterocycles. The van der Waals surface area contributed by atoms with E-state index < -0.39 is 5.79 Å². The van der Waals surface area contributed by atoms with E-state index in [1.807, 2.05) is 18.2 Å². The summed E-state index contributed by atoms with van der Waals surface area (Å²) in [5.74, 6) is -1.21. The first-order chi connectivity index (χ1) is 5.76. The van der Waals surface area contributed by atoms with Gasteiger partial charge in [0.1, 0.15) is 0 Å². The van der Waals surface area contributed by atoms with E-state index in [1.165, 1.54) is 0 Å². The largest absolute Gasteiger partial charge is 0.336 e. The van der Waals surface area contributed by atoms with Crippen molar-refractivity contribution in [2.75, 3.05) is 6.54 Å². The maximum absolute atomic E-state index is 13.8. The zero-order valence-corrected chi connectivity index (χ0v) is 6.96. The Morgan fingerprint density at radius 2 is 2.58 bits per heavy atom. The van der Waals surface area contributed by atoms with Crippen LogP contribution in [-0.4, -0.2) is 17.2 Å². The molecule has 1 unspecified atom stereocenters. The Labute approximate surface area is 71.9 Å². The minimum absolute atomic E-state index is 0.510. The predicted molar refractivity (Wildman–Crippen MR) is 47.2 cm³/mol. The fourth-order valence-corrected chi connectivity index (χ4v) is 1.75. The normalized spacial score (nSPS) is 31.1. The van der Waals surface area contributed by atoms with Crippen LogP contribution in [0.15, 0.2) is 36.6 Å². The average Bonchev–Trinajstić information content (AvgIpc) is 2.53. The summed E-state index contributed by atoms with van der Waals surface area (Å²) in [6.07, 6.45) is 8.61. The number of rotatable bonds is 3. The lowest BCUT2D eigenvalue weighted by Gasteiger charge is -2.27. The maximum atomic E-state index is 13.8. The zero-order valence-electron chi connectivity index (χ0n) is 6.96. The molecule has 12 heavy (non-hydrogen) atoms. The molecule has 0 aromatic carbocycles. The van der Waals surface area contributed by atoms with Gasteiger partial charge in [0, 0.05) is 18.7 Å². The van der Waals surface area contributed by atoms with Gasteiger partial charge in [-0.05, 0) is 18.6 Å². The first-order valence-electron chi connectivity index (χ1n) is 4.23. The molecule has 0 N–H and O–H groups in total. The molecule has 1 nitrogen and oxygen atoms in total. The van der Waals surface area contributed by atoms with Gasteiger partial charge in [0.25, 0.3) is 0 Å². The van der Waals surface area contributed by atoms with Crippen LogP contribution in [0.2, 0.25) is 0 Å².